The Morgan fingerprint density at radius 3 is 2.25 bits per heavy atom. The maximum atomic E-state index is 12.6. The highest BCUT2D eigenvalue weighted by atomic mass is 19.4. The van der Waals surface area contributed by atoms with E-state index in [0.717, 1.165) is 11.6 Å². The fraction of sp³-hybridized carbons (Fsp3) is 0.167. The average Bonchev–Trinajstić information content (AvgIpc) is 2.67. The Morgan fingerprint density at radius 2 is 1.62 bits per heavy atom. The van der Waals surface area contributed by atoms with Gasteiger partial charge < -0.3 is 4.57 Å². The number of hydrogen-bond donors (Lipinski definition) is 0. The summed E-state index contributed by atoms with van der Waals surface area (Å²) in [6.07, 6.45) is -2.85. The maximum Gasteiger partial charge on any atom is 0.431 e. The van der Waals surface area contributed by atoms with Crippen molar-refractivity contribution >= 4 is 0 Å². The van der Waals surface area contributed by atoms with Crippen LogP contribution in [0.25, 0.3) is 0 Å². The van der Waals surface area contributed by atoms with Crippen LogP contribution in [0.2, 0.25) is 0 Å². The number of alkyl halides is 3. The molecule has 1 nitrogen and oxygen atoms in total. The molecule has 4 heteroatoms. The van der Waals surface area contributed by atoms with E-state index in [-0.39, 0.29) is 6.54 Å². The second-order valence-corrected chi connectivity index (χ2v) is 3.50. The minimum Gasteiger partial charge on any atom is -0.340 e. The van der Waals surface area contributed by atoms with E-state index >= 15 is 0 Å². The number of halogens is 3. The molecule has 0 fully saturated rings. The van der Waals surface area contributed by atoms with E-state index in [4.69, 9.17) is 0 Å². The summed E-state index contributed by atoms with van der Waals surface area (Å²) < 4.78 is 38.9. The molecule has 0 spiro atoms. The van der Waals surface area contributed by atoms with Crippen LogP contribution in [-0.4, -0.2) is 4.57 Å². The molecule has 84 valence electrons. The molecule has 0 amide bonds. The molecule has 1 aromatic carbocycles. The van der Waals surface area contributed by atoms with Crippen molar-refractivity contribution in [3.8, 4) is 0 Å². The molecule has 0 radical (unpaired) electrons. The van der Waals surface area contributed by atoms with E-state index in [1.165, 1.54) is 16.8 Å². The molecular formula is C12H10F3N. The number of nitrogens with zero attached hydrogens (tertiary/aromatic N) is 1. The molecule has 0 saturated carbocycles. The van der Waals surface area contributed by atoms with E-state index in [1.807, 2.05) is 18.2 Å². The molecule has 0 atom stereocenters. The fourth-order valence-corrected chi connectivity index (χ4v) is 1.59. The summed E-state index contributed by atoms with van der Waals surface area (Å²) in [7, 11) is 0. The normalized spacial score (nSPS) is 11.7. The van der Waals surface area contributed by atoms with Gasteiger partial charge in [-0.1, -0.05) is 30.3 Å². The zero-order valence-electron chi connectivity index (χ0n) is 8.41. The monoisotopic (exact) mass is 225 g/mol. The van der Waals surface area contributed by atoms with Crippen LogP contribution in [0.1, 0.15) is 11.3 Å². The number of rotatable bonds is 2. The maximum absolute atomic E-state index is 12.6. The average molecular weight is 225 g/mol. The Kier molecular flexibility index (Phi) is 2.73. The van der Waals surface area contributed by atoms with Crippen molar-refractivity contribution in [1.82, 2.24) is 4.57 Å². The summed E-state index contributed by atoms with van der Waals surface area (Å²) in [5.74, 6) is 0. The van der Waals surface area contributed by atoms with Gasteiger partial charge in [0.05, 0.1) is 0 Å². The Hall–Kier alpha value is -1.71. The van der Waals surface area contributed by atoms with Crippen molar-refractivity contribution in [1.29, 1.82) is 0 Å². The van der Waals surface area contributed by atoms with Gasteiger partial charge in [-0.2, -0.15) is 13.2 Å². The lowest BCUT2D eigenvalue weighted by atomic mass is 10.2. The summed E-state index contributed by atoms with van der Waals surface area (Å²) in [5.41, 5.74) is 0.237. The molecule has 16 heavy (non-hydrogen) atoms. The van der Waals surface area contributed by atoms with Crippen LogP contribution in [-0.2, 0) is 12.7 Å². The topological polar surface area (TPSA) is 4.93 Å². The van der Waals surface area contributed by atoms with Crippen LogP contribution in [0.5, 0.6) is 0 Å². The largest absolute Gasteiger partial charge is 0.431 e. The SMILES string of the molecule is FC(F)(F)c1cccn1Cc1ccccc1. The minimum absolute atomic E-state index is 0.239. The molecule has 0 N–H and O–H groups in total. The summed E-state index contributed by atoms with van der Waals surface area (Å²) in [6, 6.07) is 11.6. The molecule has 0 saturated heterocycles. The summed E-state index contributed by atoms with van der Waals surface area (Å²) in [5, 5.41) is 0. The van der Waals surface area contributed by atoms with Gasteiger partial charge in [0.15, 0.2) is 0 Å². The fourth-order valence-electron chi connectivity index (χ4n) is 1.59. The quantitative estimate of drug-likeness (QED) is 0.736. The second-order valence-electron chi connectivity index (χ2n) is 3.50. The predicted molar refractivity (Wildman–Crippen MR) is 55.0 cm³/mol. The first kappa shape index (κ1) is 10.8. The van der Waals surface area contributed by atoms with Crippen molar-refractivity contribution in [3.63, 3.8) is 0 Å². The van der Waals surface area contributed by atoms with Gasteiger partial charge >= 0.3 is 6.18 Å². The predicted octanol–water partition coefficient (Wildman–Crippen LogP) is 3.56. The van der Waals surface area contributed by atoms with E-state index in [2.05, 4.69) is 0 Å². The van der Waals surface area contributed by atoms with E-state index < -0.39 is 11.9 Å². The molecular weight excluding hydrogens is 215 g/mol. The third-order valence-electron chi connectivity index (χ3n) is 2.32. The van der Waals surface area contributed by atoms with Gasteiger partial charge in [0.1, 0.15) is 5.69 Å². The van der Waals surface area contributed by atoms with E-state index in [9.17, 15) is 13.2 Å². The molecule has 0 aliphatic carbocycles. The van der Waals surface area contributed by atoms with Crippen LogP contribution in [0.3, 0.4) is 0 Å². The van der Waals surface area contributed by atoms with Crippen molar-refractivity contribution in [2.45, 2.75) is 12.7 Å². The lowest BCUT2D eigenvalue weighted by Crippen LogP contribution is -2.13. The van der Waals surface area contributed by atoms with Gasteiger partial charge in [-0.15, -0.1) is 0 Å². The summed E-state index contributed by atoms with van der Waals surface area (Å²) >= 11 is 0. The number of benzene rings is 1. The van der Waals surface area contributed by atoms with Crippen molar-refractivity contribution in [3.05, 3.63) is 59.9 Å². The summed E-state index contributed by atoms with van der Waals surface area (Å²) in [4.78, 5) is 0. The molecule has 0 aliphatic rings. The van der Waals surface area contributed by atoms with Gasteiger partial charge in [0.2, 0.25) is 0 Å². The lowest BCUT2D eigenvalue weighted by molar-refractivity contribution is -0.143. The Balaban J connectivity index is 2.26. The van der Waals surface area contributed by atoms with Gasteiger partial charge in [-0.25, -0.2) is 0 Å². The molecule has 0 bridgehead atoms. The Labute approximate surface area is 91.1 Å². The number of hydrogen-bond acceptors (Lipinski definition) is 0. The molecule has 1 heterocycles. The van der Waals surface area contributed by atoms with Crippen LogP contribution >= 0.6 is 0 Å². The highest BCUT2D eigenvalue weighted by molar-refractivity contribution is 5.18. The van der Waals surface area contributed by atoms with E-state index in [0.29, 0.717) is 0 Å². The first-order valence-electron chi connectivity index (χ1n) is 4.83. The van der Waals surface area contributed by atoms with Crippen molar-refractivity contribution < 1.29 is 13.2 Å². The molecule has 1 aromatic heterocycles. The minimum atomic E-state index is -4.29. The first-order valence-corrected chi connectivity index (χ1v) is 4.83. The van der Waals surface area contributed by atoms with Gasteiger partial charge in [0, 0.05) is 12.7 Å². The standard InChI is InChI=1S/C12H10F3N/c13-12(14,15)11-7-4-8-16(11)9-10-5-2-1-3-6-10/h1-8H,9H2. The van der Waals surface area contributed by atoms with Crippen LogP contribution in [0, 0.1) is 0 Å². The third-order valence-corrected chi connectivity index (χ3v) is 2.32. The lowest BCUT2D eigenvalue weighted by Gasteiger charge is -2.11. The summed E-state index contributed by atoms with van der Waals surface area (Å²) in [6.45, 7) is 0.239. The van der Waals surface area contributed by atoms with Crippen LogP contribution < -0.4 is 0 Å². The van der Waals surface area contributed by atoms with Gasteiger partial charge in [0.25, 0.3) is 0 Å². The Bertz CT molecular complexity index is 457. The highest BCUT2D eigenvalue weighted by Gasteiger charge is 2.33. The first-order chi connectivity index (χ1) is 7.57. The second kappa shape index (κ2) is 4.04. The molecule has 0 aliphatic heterocycles. The van der Waals surface area contributed by atoms with Crippen LogP contribution in [0.15, 0.2) is 48.7 Å². The zero-order chi connectivity index (χ0) is 11.6. The molecule has 0 unspecified atom stereocenters. The van der Waals surface area contributed by atoms with Crippen LogP contribution in [0.4, 0.5) is 13.2 Å². The zero-order valence-corrected chi connectivity index (χ0v) is 8.41. The smallest absolute Gasteiger partial charge is 0.340 e. The number of aromatic nitrogens is 1. The highest BCUT2D eigenvalue weighted by Crippen LogP contribution is 2.29. The van der Waals surface area contributed by atoms with Crippen molar-refractivity contribution in [2.75, 3.05) is 0 Å². The van der Waals surface area contributed by atoms with Gasteiger partial charge in [-0.05, 0) is 17.7 Å². The Morgan fingerprint density at radius 1 is 0.938 bits per heavy atom. The van der Waals surface area contributed by atoms with Gasteiger partial charge in [-0.3, -0.25) is 0 Å². The van der Waals surface area contributed by atoms with E-state index in [1.54, 1.807) is 12.1 Å². The van der Waals surface area contributed by atoms with Crippen molar-refractivity contribution in [2.24, 2.45) is 0 Å². The third kappa shape index (κ3) is 2.27. The molecule has 2 rings (SSSR count). The molecule has 2 aromatic rings.